The van der Waals surface area contributed by atoms with E-state index in [0.717, 1.165) is 21.9 Å². The number of para-hydroxylation sites is 1. The Labute approximate surface area is 224 Å². The van der Waals surface area contributed by atoms with E-state index in [2.05, 4.69) is 15.2 Å². The van der Waals surface area contributed by atoms with Crippen LogP contribution in [0.25, 0.3) is 22.4 Å². The number of aryl methyl sites for hydroxylation is 1. The highest BCUT2D eigenvalue weighted by molar-refractivity contribution is 5.81. The van der Waals surface area contributed by atoms with E-state index in [1.54, 1.807) is 13.0 Å². The molecular weight excluding hydrogens is 499 g/mol. The molecule has 0 aliphatic rings. The normalized spacial score (nSPS) is 11.5. The summed E-state index contributed by atoms with van der Waals surface area (Å²) >= 11 is 0. The van der Waals surface area contributed by atoms with Gasteiger partial charge in [0.1, 0.15) is 12.1 Å². The van der Waals surface area contributed by atoms with Crippen molar-refractivity contribution in [3.63, 3.8) is 0 Å². The van der Waals surface area contributed by atoms with Crippen molar-refractivity contribution in [2.24, 2.45) is 0 Å². The van der Waals surface area contributed by atoms with Crippen LogP contribution in [0.4, 0.5) is 4.39 Å². The molecule has 5 aromatic rings. The average molecular weight is 529 g/mol. The van der Waals surface area contributed by atoms with Gasteiger partial charge in [0.25, 0.3) is 5.56 Å². The zero-order valence-corrected chi connectivity index (χ0v) is 22.3. The van der Waals surface area contributed by atoms with Crippen molar-refractivity contribution in [1.82, 2.24) is 29.1 Å². The maximum absolute atomic E-state index is 15.6. The van der Waals surface area contributed by atoms with E-state index in [9.17, 15) is 9.59 Å². The van der Waals surface area contributed by atoms with Crippen LogP contribution in [0.3, 0.4) is 0 Å². The molecule has 0 unspecified atom stereocenters. The Morgan fingerprint density at radius 1 is 0.949 bits per heavy atom. The van der Waals surface area contributed by atoms with Gasteiger partial charge in [0.2, 0.25) is 0 Å². The summed E-state index contributed by atoms with van der Waals surface area (Å²) < 4.78 is 25.0. The highest BCUT2D eigenvalue weighted by Crippen LogP contribution is 2.24. The molecule has 0 radical (unpaired) electrons. The molecular formula is C29H29FN6O3. The van der Waals surface area contributed by atoms with Gasteiger partial charge in [-0.1, -0.05) is 62.4 Å². The number of fused-ring (bicyclic) bond motifs is 1. The molecule has 200 valence electrons. The lowest BCUT2D eigenvalue weighted by Crippen LogP contribution is -2.27. The fraction of sp³-hybridized carbons (Fsp3) is 0.276. The molecule has 2 aromatic carbocycles. The van der Waals surface area contributed by atoms with Crippen LogP contribution in [-0.2, 0) is 24.5 Å². The third kappa shape index (κ3) is 4.90. The molecule has 3 heterocycles. The molecule has 0 amide bonds. The van der Waals surface area contributed by atoms with Gasteiger partial charge in [-0.3, -0.25) is 9.36 Å². The summed E-state index contributed by atoms with van der Waals surface area (Å²) in [7, 11) is 0. The van der Waals surface area contributed by atoms with Gasteiger partial charge in [-0.2, -0.15) is 14.5 Å². The summed E-state index contributed by atoms with van der Waals surface area (Å²) in [6.07, 6.45) is 0. The smallest absolute Gasteiger partial charge is 0.352 e. The number of hydrogen-bond donors (Lipinski definition) is 0. The lowest BCUT2D eigenvalue weighted by molar-refractivity contribution is 0.0989. The van der Waals surface area contributed by atoms with Crippen LogP contribution in [0.5, 0.6) is 0 Å². The SMILES string of the molecule is CCn1c(COCc2ccccc2)nn(-c2nc3c(C(C)C)nn(-c4ccccc4C)c(=O)c3cc2F)c1=O. The third-order valence-electron chi connectivity index (χ3n) is 6.52. The molecule has 0 bridgehead atoms. The Bertz CT molecular complexity index is 1770. The van der Waals surface area contributed by atoms with Crippen molar-refractivity contribution in [2.45, 2.75) is 53.4 Å². The van der Waals surface area contributed by atoms with Gasteiger partial charge in [-0.15, -0.1) is 5.10 Å². The van der Waals surface area contributed by atoms with E-state index in [0.29, 0.717) is 30.4 Å². The van der Waals surface area contributed by atoms with Gasteiger partial charge in [0, 0.05) is 6.54 Å². The topological polar surface area (TPSA) is 96.8 Å². The van der Waals surface area contributed by atoms with E-state index in [1.807, 2.05) is 69.3 Å². The first-order valence-electron chi connectivity index (χ1n) is 12.8. The molecule has 39 heavy (non-hydrogen) atoms. The largest absolute Gasteiger partial charge is 0.369 e. The molecule has 3 aromatic heterocycles. The van der Waals surface area contributed by atoms with Crippen LogP contribution in [0.2, 0.25) is 0 Å². The second-order valence-corrected chi connectivity index (χ2v) is 9.57. The van der Waals surface area contributed by atoms with Gasteiger partial charge in [-0.05, 0) is 43.0 Å². The first-order chi connectivity index (χ1) is 18.8. The molecule has 0 aliphatic carbocycles. The van der Waals surface area contributed by atoms with Crippen LogP contribution in [0.15, 0.2) is 70.3 Å². The number of hydrogen-bond acceptors (Lipinski definition) is 6. The Morgan fingerprint density at radius 2 is 1.67 bits per heavy atom. The monoisotopic (exact) mass is 528 g/mol. The maximum atomic E-state index is 15.6. The van der Waals surface area contributed by atoms with Crippen molar-refractivity contribution in [2.75, 3.05) is 0 Å². The highest BCUT2D eigenvalue weighted by atomic mass is 19.1. The second kappa shape index (κ2) is 10.7. The minimum Gasteiger partial charge on any atom is -0.369 e. The van der Waals surface area contributed by atoms with Crippen molar-refractivity contribution in [3.8, 4) is 11.5 Å². The summed E-state index contributed by atoms with van der Waals surface area (Å²) in [6.45, 7) is 8.22. The molecule has 10 heteroatoms. The zero-order chi connectivity index (χ0) is 27.7. The number of nitrogens with zero attached hydrogens (tertiary/aromatic N) is 6. The number of aromatic nitrogens is 6. The minimum atomic E-state index is -0.837. The molecule has 0 spiro atoms. The molecule has 0 saturated heterocycles. The Morgan fingerprint density at radius 3 is 2.36 bits per heavy atom. The van der Waals surface area contributed by atoms with Crippen LogP contribution in [0.1, 0.15) is 49.3 Å². The highest BCUT2D eigenvalue weighted by Gasteiger charge is 2.23. The second-order valence-electron chi connectivity index (χ2n) is 9.57. The van der Waals surface area contributed by atoms with Gasteiger partial charge < -0.3 is 4.74 Å². The third-order valence-corrected chi connectivity index (χ3v) is 6.52. The molecule has 0 saturated carbocycles. The maximum Gasteiger partial charge on any atom is 0.352 e. The molecule has 0 atom stereocenters. The van der Waals surface area contributed by atoms with Crippen molar-refractivity contribution in [1.29, 1.82) is 0 Å². The number of pyridine rings is 1. The van der Waals surface area contributed by atoms with Crippen LogP contribution in [0, 0.1) is 12.7 Å². The van der Waals surface area contributed by atoms with E-state index >= 15 is 4.39 Å². The molecule has 0 aliphatic heterocycles. The fourth-order valence-electron chi connectivity index (χ4n) is 4.49. The number of halogens is 1. The molecule has 0 fully saturated rings. The van der Waals surface area contributed by atoms with Gasteiger partial charge in [-0.25, -0.2) is 14.2 Å². The molecule has 5 rings (SSSR count). The summed E-state index contributed by atoms with van der Waals surface area (Å²) in [5.41, 5.74) is 2.13. The van der Waals surface area contributed by atoms with Crippen LogP contribution in [-0.4, -0.2) is 29.1 Å². The first kappa shape index (κ1) is 26.2. The number of ether oxygens (including phenoxy) is 1. The summed E-state index contributed by atoms with van der Waals surface area (Å²) in [5.74, 6) is -0.921. The van der Waals surface area contributed by atoms with Gasteiger partial charge in [0.05, 0.1) is 23.4 Å². The van der Waals surface area contributed by atoms with Crippen LogP contribution < -0.4 is 11.2 Å². The van der Waals surface area contributed by atoms with Gasteiger partial charge >= 0.3 is 5.69 Å². The predicted octanol–water partition coefficient (Wildman–Crippen LogP) is 4.44. The van der Waals surface area contributed by atoms with E-state index in [-0.39, 0.29) is 29.2 Å². The summed E-state index contributed by atoms with van der Waals surface area (Å²) in [6, 6.07) is 18.1. The lowest BCUT2D eigenvalue weighted by Gasteiger charge is -2.15. The zero-order valence-electron chi connectivity index (χ0n) is 22.3. The average Bonchev–Trinajstić information content (AvgIpc) is 3.24. The Hall–Kier alpha value is -4.44. The van der Waals surface area contributed by atoms with Crippen LogP contribution >= 0.6 is 0 Å². The number of benzene rings is 2. The predicted molar refractivity (Wildman–Crippen MR) is 146 cm³/mol. The first-order valence-corrected chi connectivity index (χ1v) is 12.8. The number of rotatable bonds is 8. The Kier molecular flexibility index (Phi) is 7.21. The summed E-state index contributed by atoms with van der Waals surface area (Å²) in [5, 5.41) is 9.05. The van der Waals surface area contributed by atoms with E-state index in [4.69, 9.17) is 4.74 Å². The fourth-order valence-corrected chi connectivity index (χ4v) is 4.49. The summed E-state index contributed by atoms with van der Waals surface area (Å²) in [4.78, 5) is 31.1. The van der Waals surface area contributed by atoms with Crippen molar-refractivity contribution < 1.29 is 9.13 Å². The molecule has 9 nitrogen and oxygen atoms in total. The molecule has 0 N–H and O–H groups in total. The minimum absolute atomic E-state index is 0.0557. The van der Waals surface area contributed by atoms with E-state index < -0.39 is 17.1 Å². The van der Waals surface area contributed by atoms with E-state index in [1.165, 1.54) is 9.25 Å². The Balaban J connectivity index is 1.60. The lowest BCUT2D eigenvalue weighted by atomic mass is 10.1. The standard InChI is InChI=1S/C29H29FN6O3/c1-5-34-24(17-39-16-20-12-7-6-8-13-20)32-36(29(34)38)27-22(30)15-21-26(31-27)25(18(2)3)33-35(28(21)37)23-14-10-9-11-19(23)4/h6-15,18H,5,16-17H2,1-4H3. The van der Waals surface area contributed by atoms with Crippen molar-refractivity contribution >= 4 is 10.9 Å². The van der Waals surface area contributed by atoms with Crippen molar-refractivity contribution in [3.05, 3.63) is 110 Å². The van der Waals surface area contributed by atoms with Gasteiger partial charge in [0.15, 0.2) is 17.5 Å². The quantitative estimate of drug-likeness (QED) is 0.296.